The van der Waals surface area contributed by atoms with Gasteiger partial charge in [0, 0.05) is 18.3 Å². The first-order valence-electron chi connectivity index (χ1n) is 7.51. The van der Waals surface area contributed by atoms with Crippen LogP contribution in [0.1, 0.15) is 49.8 Å². The Bertz CT molecular complexity index is 449. The van der Waals surface area contributed by atoms with Crippen molar-refractivity contribution in [1.82, 2.24) is 9.97 Å². The van der Waals surface area contributed by atoms with Crippen LogP contribution in [0.4, 0.5) is 5.82 Å². The molecule has 4 heteroatoms. The van der Waals surface area contributed by atoms with Crippen LogP contribution in [0.15, 0.2) is 6.33 Å². The first-order chi connectivity index (χ1) is 9.27. The SMILES string of the molecule is CN(c1ncnc2c1CCCC2)C1CCCCC1O. The predicted molar refractivity (Wildman–Crippen MR) is 75.3 cm³/mol. The van der Waals surface area contributed by atoms with E-state index < -0.39 is 0 Å². The molecule has 2 atom stereocenters. The molecule has 0 aliphatic heterocycles. The van der Waals surface area contributed by atoms with Gasteiger partial charge in [-0.25, -0.2) is 9.97 Å². The first-order valence-corrected chi connectivity index (χ1v) is 7.51. The van der Waals surface area contributed by atoms with Crippen LogP contribution in [0.2, 0.25) is 0 Å². The lowest BCUT2D eigenvalue weighted by atomic mass is 9.90. The van der Waals surface area contributed by atoms with Crippen molar-refractivity contribution in [1.29, 1.82) is 0 Å². The number of aryl methyl sites for hydroxylation is 1. The summed E-state index contributed by atoms with van der Waals surface area (Å²) in [5.41, 5.74) is 2.53. The Balaban J connectivity index is 1.88. The Morgan fingerprint density at radius 1 is 1.11 bits per heavy atom. The molecule has 104 valence electrons. The maximum Gasteiger partial charge on any atom is 0.135 e. The molecule has 1 aromatic rings. The number of anilines is 1. The second-order valence-corrected chi connectivity index (χ2v) is 5.86. The van der Waals surface area contributed by atoms with E-state index in [2.05, 4.69) is 21.9 Å². The van der Waals surface area contributed by atoms with Gasteiger partial charge in [-0.1, -0.05) is 12.8 Å². The van der Waals surface area contributed by atoms with Crippen LogP contribution in [-0.2, 0) is 12.8 Å². The highest BCUT2D eigenvalue weighted by Crippen LogP contribution is 2.31. The van der Waals surface area contributed by atoms with Crippen LogP contribution in [0.5, 0.6) is 0 Å². The van der Waals surface area contributed by atoms with Gasteiger partial charge in [0.05, 0.1) is 12.1 Å². The van der Waals surface area contributed by atoms with Crippen LogP contribution in [0.25, 0.3) is 0 Å². The topological polar surface area (TPSA) is 49.2 Å². The number of aliphatic hydroxyl groups is 1. The van der Waals surface area contributed by atoms with E-state index in [1.54, 1.807) is 6.33 Å². The lowest BCUT2D eigenvalue weighted by Gasteiger charge is -2.37. The minimum absolute atomic E-state index is 0.215. The number of aromatic nitrogens is 2. The van der Waals surface area contributed by atoms with Gasteiger partial charge in [-0.2, -0.15) is 0 Å². The van der Waals surface area contributed by atoms with Gasteiger partial charge in [0.1, 0.15) is 12.1 Å². The molecular formula is C15H23N3O. The Kier molecular flexibility index (Phi) is 3.69. The quantitative estimate of drug-likeness (QED) is 0.885. The minimum Gasteiger partial charge on any atom is -0.391 e. The molecule has 2 aliphatic carbocycles. The van der Waals surface area contributed by atoms with Gasteiger partial charge in [-0.05, 0) is 38.5 Å². The van der Waals surface area contributed by atoms with Crippen molar-refractivity contribution in [3.8, 4) is 0 Å². The maximum absolute atomic E-state index is 10.2. The Hall–Kier alpha value is -1.16. The minimum atomic E-state index is -0.215. The molecule has 0 spiro atoms. The third-order valence-electron chi connectivity index (χ3n) is 4.63. The average molecular weight is 261 g/mol. The highest BCUT2D eigenvalue weighted by atomic mass is 16.3. The molecule has 1 aromatic heterocycles. The number of likely N-dealkylation sites (N-methyl/N-ethyl adjacent to an activating group) is 1. The van der Waals surface area contributed by atoms with E-state index in [9.17, 15) is 5.11 Å². The number of nitrogens with zero attached hydrogens (tertiary/aromatic N) is 3. The summed E-state index contributed by atoms with van der Waals surface area (Å²) < 4.78 is 0. The number of aliphatic hydroxyl groups excluding tert-OH is 1. The molecule has 0 radical (unpaired) electrons. The van der Waals surface area contributed by atoms with E-state index in [1.807, 2.05) is 0 Å². The van der Waals surface area contributed by atoms with E-state index in [1.165, 1.54) is 30.5 Å². The van der Waals surface area contributed by atoms with Crippen molar-refractivity contribution < 1.29 is 5.11 Å². The zero-order chi connectivity index (χ0) is 13.2. The maximum atomic E-state index is 10.2. The molecule has 0 saturated heterocycles. The molecule has 2 aliphatic rings. The van der Waals surface area contributed by atoms with Gasteiger partial charge in [-0.3, -0.25) is 0 Å². The van der Waals surface area contributed by atoms with E-state index in [4.69, 9.17) is 0 Å². The Morgan fingerprint density at radius 3 is 2.74 bits per heavy atom. The number of rotatable bonds is 2. The lowest BCUT2D eigenvalue weighted by molar-refractivity contribution is 0.106. The molecule has 3 rings (SSSR count). The normalized spacial score (nSPS) is 26.8. The molecule has 0 aromatic carbocycles. The summed E-state index contributed by atoms with van der Waals surface area (Å²) in [6.07, 6.45) is 10.4. The molecule has 0 bridgehead atoms. The van der Waals surface area contributed by atoms with Gasteiger partial charge in [-0.15, -0.1) is 0 Å². The molecule has 1 N–H and O–H groups in total. The number of fused-ring (bicyclic) bond motifs is 1. The standard InChI is InChI=1S/C15H23N3O/c1-18(13-8-4-5-9-14(13)19)15-11-6-2-3-7-12(11)16-10-17-15/h10,13-14,19H,2-9H2,1H3. The smallest absolute Gasteiger partial charge is 0.135 e. The van der Waals surface area contributed by atoms with Crippen molar-refractivity contribution >= 4 is 5.82 Å². The van der Waals surface area contributed by atoms with Crippen molar-refractivity contribution in [2.75, 3.05) is 11.9 Å². The summed E-state index contributed by atoms with van der Waals surface area (Å²) in [5.74, 6) is 1.05. The van der Waals surface area contributed by atoms with Gasteiger partial charge < -0.3 is 10.0 Å². The molecule has 2 unspecified atom stereocenters. The van der Waals surface area contributed by atoms with Gasteiger partial charge in [0.2, 0.25) is 0 Å². The largest absolute Gasteiger partial charge is 0.391 e. The van der Waals surface area contributed by atoms with Crippen molar-refractivity contribution in [2.24, 2.45) is 0 Å². The summed E-state index contributed by atoms with van der Waals surface area (Å²) >= 11 is 0. The van der Waals surface area contributed by atoms with E-state index in [0.717, 1.165) is 37.9 Å². The summed E-state index contributed by atoms with van der Waals surface area (Å²) in [5, 5.41) is 10.2. The fraction of sp³-hybridized carbons (Fsp3) is 0.733. The van der Waals surface area contributed by atoms with Crippen LogP contribution >= 0.6 is 0 Å². The fourth-order valence-corrected chi connectivity index (χ4v) is 3.51. The Morgan fingerprint density at radius 2 is 1.89 bits per heavy atom. The van der Waals surface area contributed by atoms with Crippen molar-refractivity contribution in [3.63, 3.8) is 0 Å². The molecule has 1 heterocycles. The second-order valence-electron chi connectivity index (χ2n) is 5.86. The summed E-state index contributed by atoms with van der Waals surface area (Å²) in [6, 6.07) is 0.217. The zero-order valence-corrected chi connectivity index (χ0v) is 11.7. The molecule has 19 heavy (non-hydrogen) atoms. The average Bonchev–Trinajstić information content (AvgIpc) is 2.46. The highest BCUT2D eigenvalue weighted by Gasteiger charge is 2.29. The molecule has 1 fully saturated rings. The van der Waals surface area contributed by atoms with Crippen LogP contribution in [0.3, 0.4) is 0 Å². The van der Waals surface area contributed by atoms with E-state index in [0.29, 0.717) is 0 Å². The second kappa shape index (κ2) is 5.45. The zero-order valence-electron chi connectivity index (χ0n) is 11.7. The molecule has 1 saturated carbocycles. The lowest BCUT2D eigenvalue weighted by Crippen LogP contribution is -2.44. The van der Waals surface area contributed by atoms with Crippen molar-refractivity contribution in [3.05, 3.63) is 17.6 Å². The number of hydrogen-bond acceptors (Lipinski definition) is 4. The third kappa shape index (κ3) is 2.46. The van der Waals surface area contributed by atoms with Crippen LogP contribution in [0, 0.1) is 0 Å². The van der Waals surface area contributed by atoms with E-state index >= 15 is 0 Å². The predicted octanol–water partition coefficient (Wildman–Crippen LogP) is 2.10. The molecule has 4 nitrogen and oxygen atoms in total. The summed E-state index contributed by atoms with van der Waals surface area (Å²) in [4.78, 5) is 11.1. The van der Waals surface area contributed by atoms with Gasteiger partial charge >= 0.3 is 0 Å². The van der Waals surface area contributed by atoms with Gasteiger partial charge in [0.25, 0.3) is 0 Å². The van der Waals surface area contributed by atoms with Crippen molar-refractivity contribution in [2.45, 2.75) is 63.5 Å². The summed E-state index contributed by atoms with van der Waals surface area (Å²) in [7, 11) is 2.08. The fourth-order valence-electron chi connectivity index (χ4n) is 3.51. The molecule has 0 amide bonds. The van der Waals surface area contributed by atoms with Gasteiger partial charge in [0.15, 0.2) is 0 Å². The summed E-state index contributed by atoms with van der Waals surface area (Å²) in [6.45, 7) is 0. The Labute approximate surface area is 114 Å². The molecular weight excluding hydrogens is 238 g/mol. The van der Waals surface area contributed by atoms with E-state index in [-0.39, 0.29) is 12.1 Å². The van der Waals surface area contributed by atoms with Crippen LogP contribution < -0.4 is 4.90 Å². The number of hydrogen-bond donors (Lipinski definition) is 1. The highest BCUT2D eigenvalue weighted by molar-refractivity contribution is 5.50. The van der Waals surface area contributed by atoms with Crippen LogP contribution in [-0.4, -0.2) is 34.3 Å². The monoisotopic (exact) mass is 261 g/mol. The third-order valence-corrected chi connectivity index (χ3v) is 4.63. The first kappa shape index (κ1) is 12.9.